The third-order valence-corrected chi connectivity index (χ3v) is 5.46. The third-order valence-electron chi connectivity index (χ3n) is 3.63. The Morgan fingerprint density at radius 2 is 1.89 bits per heavy atom. The zero-order chi connectivity index (χ0) is 19.1. The van der Waals surface area contributed by atoms with Crippen LogP contribution < -0.4 is 0 Å². The van der Waals surface area contributed by atoms with Crippen molar-refractivity contribution in [2.75, 3.05) is 13.7 Å². The average molecular weight is 399 g/mol. The molecule has 0 aliphatic carbocycles. The van der Waals surface area contributed by atoms with E-state index in [-0.39, 0.29) is 12.5 Å². The number of rotatable bonds is 7. The molecule has 0 fully saturated rings. The van der Waals surface area contributed by atoms with Crippen LogP contribution in [0, 0.1) is 0 Å². The Kier molecular flexibility index (Phi) is 6.62. The standard InChI is InChI=1S/C20H18N2O3S2/c1-22(13-18-21-16-9-5-6-10-17(16)27-18)19(23)14-25-20(24)11-12-26-15-7-3-2-4-8-15/h2-12H,13-14H2,1H3/b12-11+. The van der Waals surface area contributed by atoms with E-state index in [2.05, 4.69) is 4.98 Å². The van der Waals surface area contributed by atoms with Gasteiger partial charge in [0, 0.05) is 18.0 Å². The van der Waals surface area contributed by atoms with Crippen molar-refractivity contribution in [2.24, 2.45) is 0 Å². The maximum atomic E-state index is 12.2. The van der Waals surface area contributed by atoms with Crippen LogP contribution in [0.2, 0.25) is 0 Å². The minimum Gasteiger partial charge on any atom is -0.452 e. The van der Waals surface area contributed by atoms with Gasteiger partial charge in [-0.05, 0) is 29.7 Å². The number of para-hydroxylation sites is 1. The molecule has 27 heavy (non-hydrogen) atoms. The van der Waals surface area contributed by atoms with E-state index in [0.717, 1.165) is 20.1 Å². The number of likely N-dealkylation sites (N-methyl/N-ethyl adjacent to an activating group) is 1. The van der Waals surface area contributed by atoms with Crippen molar-refractivity contribution >= 4 is 45.2 Å². The van der Waals surface area contributed by atoms with E-state index < -0.39 is 5.97 Å². The molecular weight excluding hydrogens is 380 g/mol. The third kappa shape index (κ3) is 5.67. The molecule has 0 saturated heterocycles. The average Bonchev–Trinajstić information content (AvgIpc) is 3.09. The summed E-state index contributed by atoms with van der Waals surface area (Å²) in [5.41, 5.74) is 0.922. The number of aromatic nitrogens is 1. The number of hydrogen-bond acceptors (Lipinski definition) is 6. The van der Waals surface area contributed by atoms with E-state index in [1.165, 1.54) is 22.7 Å². The number of nitrogens with zero attached hydrogens (tertiary/aromatic N) is 2. The molecule has 0 spiro atoms. The summed E-state index contributed by atoms with van der Waals surface area (Å²) in [6, 6.07) is 17.5. The number of carbonyl (C=O) groups excluding carboxylic acids is 2. The van der Waals surface area contributed by atoms with E-state index in [1.807, 2.05) is 54.6 Å². The van der Waals surface area contributed by atoms with Crippen molar-refractivity contribution in [1.82, 2.24) is 9.88 Å². The fourth-order valence-corrected chi connectivity index (χ4v) is 3.91. The van der Waals surface area contributed by atoms with Gasteiger partial charge in [0.25, 0.3) is 5.91 Å². The van der Waals surface area contributed by atoms with Gasteiger partial charge in [-0.3, -0.25) is 4.79 Å². The summed E-state index contributed by atoms with van der Waals surface area (Å²) < 4.78 is 6.10. The number of amides is 1. The Bertz CT molecular complexity index is 921. The lowest BCUT2D eigenvalue weighted by Gasteiger charge is -2.15. The molecule has 138 valence electrons. The number of ether oxygens (including phenoxy) is 1. The summed E-state index contributed by atoms with van der Waals surface area (Å²) in [6.07, 6.45) is 1.32. The van der Waals surface area contributed by atoms with Crippen LogP contribution in [0.25, 0.3) is 10.2 Å². The van der Waals surface area contributed by atoms with Crippen molar-refractivity contribution in [3.8, 4) is 0 Å². The summed E-state index contributed by atoms with van der Waals surface area (Å²) in [5.74, 6) is -0.813. The molecule has 3 rings (SSSR count). The summed E-state index contributed by atoms with van der Waals surface area (Å²) in [7, 11) is 1.67. The molecule has 0 atom stereocenters. The maximum absolute atomic E-state index is 12.2. The lowest BCUT2D eigenvalue weighted by atomic mass is 10.3. The van der Waals surface area contributed by atoms with E-state index in [9.17, 15) is 9.59 Å². The molecule has 5 nitrogen and oxygen atoms in total. The van der Waals surface area contributed by atoms with Gasteiger partial charge >= 0.3 is 5.97 Å². The summed E-state index contributed by atoms with van der Waals surface area (Å²) in [6.45, 7) is 0.0933. The Labute approximate surface area is 165 Å². The molecular formula is C20H18N2O3S2. The van der Waals surface area contributed by atoms with Crippen LogP contribution in [0.3, 0.4) is 0 Å². The van der Waals surface area contributed by atoms with Crippen molar-refractivity contribution in [1.29, 1.82) is 0 Å². The number of hydrogen-bond donors (Lipinski definition) is 0. The van der Waals surface area contributed by atoms with Gasteiger partial charge in [-0.2, -0.15) is 0 Å². The fraction of sp³-hybridized carbons (Fsp3) is 0.150. The van der Waals surface area contributed by atoms with Gasteiger partial charge in [-0.25, -0.2) is 9.78 Å². The van der Waals surface area contributed by atoms with Crippen LogP contribution in [-0.2, 0) is 20.9 Å². The largest absolute Gasteiger partial charge is 0.452 e. The molecule has 1 heterocycles. The predicted octanol–water partition coefficient (Wildman–Crippen LogP) is 4.10. The van der Waals surface area contributed by atoms with Crippen molar-refractivity contribution in [3.63, 3.8) is 0 Å². The molecule has 0 unspecified atom stereocenters. The highest BCUT2D eigenvalue weighted by Gasteiger charge is 2.13. The van der Waals surface area contributed by atoms with Crippen LogP contribution in [0.5, 0.6) is 0 Å². The highest BCUT2D eigenvalue weighted by atomic mass is 32.2. The van der Waals surface area contributed by atoms with Crippen molar-refractivity contribution in [2.45, 2.75) is 11.4 Å². The van der Waals surface area contributed by atoms with E-state index in [1.54, 1.807) is 23.8 Å². The normalized spacial score (nSPS) is 11.0. The second kappa shape index (κ2) is 9.34. The smallest absolute Gasteiger partial charge is 0.331 e. The lowest BCUT2D eigenvalue weighted by molar-refractivity contribution is -0.147. The number of carbonyl (C=O) groups is 2. The van der Waals surface area contributed by atoms with Crippen LogP contribution in [0.1, 0.15) is 5.01 Å². The molecule has 2 aromatic carbocycles. The zero-order valence-electron chi connectivity index (χ0n) is 14.7. The molecule has 3 aromatic rings. The van der Waals surface area contributed by atoms with Gasteiger partial charge < -0.3 is 9.64 Å². The molecule has 1 amide bonds. The summed E-state index contributed by atoms with van der Waals surface area (Å²) >= 11 is 2.96. The van der Waals surface area contributed by atoms with E-state index in [4.69, 9.17) is 4.74 Å². The monoisotopic (exact) mass is 398 g/mol. The van der Waals surface area contributed by atoms with Crippen LogP contribution in [0.15, 0.2) is 71.0 Å². The van der Waals surface area contributed by atoms with Crippen molar-refractivity contribution in [3.05, 3.63) is 71.1 Å². The van der Waals surface area contributed by atoms with Crippen LogP contribution >= 0.6 is 23.1 Å². The van der Waals surface area contributed by atoms with Gasteiger partial charge in [-0.15, -0.1) is 11.3 Å². The Hall–Kier alpha value is -2.64. The molecule has 1 aromatic heterocycles. The minimum absolute atomic E-state index is 0.272. The molecule has 0 aliphatic rings. The Morgan fingerprint density at radius 3 is 2.67 bits per heavy atom. The van der Waals surface area contributed by atoms with Crippen LogP contribution in [0.4, 0.5) is 0 Å². The number of thiazole rings is 1. The molecule has 0 aliphatic heterocycles. The lowest BCUT2D eigenvalue weighted by Crippen LogP contribution is -2.30. The predicted molar refractivity (Wildman–Crippen MR) is 108 cm³/mol. The molecule has 0 saturated carbocycles. The second-order valence-corrected chi connectivity index (χ2v) is 7.76. The van der Waals surface area contributed by atoms with Gasteiger partial charge in [-0.1, -0.05) is 42.1 Å². The second-order valence-electron chi connectivity index (χ2n) is 5.67. The first-order chi connectivity index (χ1) is 13.1. The number of esters is 1. The van der Waals surface area contributed by atoms with Gasteiger partial charge in [0.15, 0.2) is 6.61 Å². The highest BCUT2D eigenvalue weighted by molar-refractivity contribution is 8.02. The molecule has 7 heteroatoms. The van der Waals surface area contributed by atoms with E-state index >= 15 is 0 Å². The first kappa shape index (κ1) is 19.1. The Morgan fingerprint density at radius 1 is 1.15 bits per heavy atom. The molecule has 0 N–H and O–H groups in total. The van der Waals surface area contributed by atoms with Gasteiger partial charge in [0.1, 0.15) is 5.01 Å². The maximum Gasteiger partial charge on any atom is 0.331 e. The SMILES string of the molecule is CN(Cc1nc2ccccc2s1)C(=O)COC(=O)/C=C/Sc1ccccc1. The molecule has 0 bridgehead atoms. The molecule has 0 radical (unpaired) electrons. The zero-order valence-corrected chi connectivity index (χ0v) is 16.3. The number of thioether (sulfide) groups is 1. The van der Waals surface area contributed by atoms with E-state index in [0.29, 0.717) is 6.54 Å². The fourth-order valence-electron chi connectivity index (χ4n) is 2.24. The minimum atomic E-state index is -0.542. The Balaban J connectivity index is 1.44. The van der Waals surface area contributed by atoms with Gasteiger partial charge in [0.05, 0.1) is 16.8 Å². The van der Waals surface area contributed by atoms with Gasteiger partial charge in [0.2, 0.25) is 0 Å². The summed E-state index contributed by atoms with van der Waals surface area (Å²) in [5, 5.41) is 2.49. The quantitative estimate of drug-likeness (QED) is 0.341. The first-order valence-electron chi connectivity index (χ1n) is 8.25. The summed E-state index contributed by atoms with van der Waals surface area (Å²) in [4.78, 5) is 30.9. The number of fused-ring (bicyclic) bond motifs is 1. The highest BCUT2D eigenvalue weighted by Crippen LogP contribution is 2.22. The number of benzene rings is 2. The van der Waals surface area contributed by atoms with Crippen molar-refractivity contribution < 1.29 is 14.3 Å². The topological polar surface area (TPSA) is 59.5 Å². The first-order valence-corrected chi connectivity index (χ1v) is 9.95. The van der Waals surface area contributed by atoms with Crippen LogP contribution in [-0.4, -0.2) is 35.4 Å².